The van der Waals surface area contributed by atoms with Crippen LogP contribution in [0.3, 0.4) is 0 Å². The Kier molecular flexibility index (Phi) is 4.24. The third-order valence-electron chi connectivity index (χ3n) is 9.35. The number of imidazole rings is 2. The van der Waals surface area contributed by atoms with Crippen LogP contribution in [0.15, 0.2) is 140 Å². The van der Waals surface area contributed by atoms with Crippen LogP contribution in [0.4, 0.5) is 0 Å². The second-order valence-corrected chi connectivity index (χ2v) is 11.7. The summed E-state index contributed by atoms with van der Waals surface area (Å²) in [6.45, 7) is 0. The van der Waals surface area contributed by atoms with E-state index in [2.05, 4.69) is 145 Å². The lowest BCUT2D eigenvalue weighted by Crippen LogP contribution is -2.05. The van der Waals surface area contributed by atoms with Gasteiger partial charge in [-0.15, -0.1) is 0 Å². The van der Waals surface area contributed by atoms with Crippen LogP contribution in [-0.4, -0.2) is 23.1 Å². The second kappa shape index (κ2) is 8.21. The summed E-state index contributed by atoms with van der Waals surface area (Å²) in [5.74, 6) is 2.59. The molecule has 210 valence electrons. The monoisotopic (exact) mass is 577 g/mol. The van der Waals surface area contributed by atoms with Crippen LogP contribution >= 0.6 is 0 Å². The first-order chi connectivity index (χ1) is 22.4. The van der Waals surface area contributed by atoms with Crippen LogP contribution < -0.4 is 4.74 Å². The summed E-state index contributed by atoms with van der Waals surface area (Å²) in [5.41, 5.74) is 10.8. The molecule has 0 radical (unpaired) electrons. The van der Waals surface area contributed by atoms with Gasteiger partial charge in [0.1, 0.15) is 5.52 Å². The van der Waals surface area contributed by atoms with Gasteiger partial charge in [-0.1, -0.05) is 78.9 Å². The maximum absolute atomic E-state index is 6.52. The first kappa shape index (κ1) is 23.2. The summed E-state index contributed by atoms with van der Waals surface area (Å²) in [5, 5.41) is 3.49. The number of hydrogen-bond donors (Lipinski definition) is 0. The third kappa shape index (κ3) is 2.82. The highest BCUT2D eigenvalue weighted by Crippen LogP contribution is 2.48. The molecule has 0 N–H and O–H groups in total. The van der Waals surface area contributed by atoms with Crippen LogP contribution in [0, 0.1) is 0 Å². The van der Waals surface area contributed by atoms with E-state index >= 15 is 0 Å². The number of para-hydroxylation sites is 7. The zero-order chi connectivity index (χ0) is 29.2. The van der Waals surface area contributed by atoms with Gasteiger partial charge in [0.15, 0.2) is 17.1 Å². The SMILES string of the molecule is c1ccc(-n2c3ccccc3c3c2nc2n(-c4ccc5c6c4c4ccccc4n6-c4ccccc4O5)c4ccccc4n32)cc1. The Morgan fingerprint density at radius 1 is 0.444 bits per heavy atom. The molecule has 5 heterocycles. The topological polar surface area (TPSA) is 41.3 Å². The average molecular weight is 578 g/mol. The molecular formula is C39H23N5O. The Bertz CT molecular complexity index is 2850. The quantitative estimate of drug-likeness (QED) is 0.205. The standard InChI is InChI=1S/C39H23N5O/c1-2-12-24(13-3-1)41-28-17-7-5-15-26(28)36-38(41)40-39-43(29-18-8-9-19-30(29)44(36)39)32-22-23-34-37-35(32)25-14-4-6-16-27(25)42(37)31-20-10-11-21-33(31)45-34/h1-23H. The van der Waals surface area contributed by atoms with Gasteiger partial charge in [-0.3, -0.25) is 13.5 Å². The number of hydrogen-bond acceptors (Lipinski definition) is 2. The first-order valence-corrected chi connectivity index (χ1v) is 15.2. The van der Waals surface area contributed by atoms with E-state index < -0.39 is 0 Å². The minimum Gasteiger partial charge on any atom is -0.453 e. The van der Waals surface area contributed by atoms with Crippen LogP contribution in [0.1, 0.15) is 0 Å². The van der Waals surface area contributed by atoms with Gasteiger partial charge in [0, 0.05) is 21.8 Å². The van der Waals surface area contributed by atoms with E-state index in [-0.39, 0.29) is 0 Å². The molecule has 0 saturated carbocycles. The summed E-state index contributed by atoms with van der Waals surface area (Å²) < 4.78 is 15.8. The molecule has 10 aromatic rings. The summed E-state index contributed by atoms with van der Waals surface area (Å²) >= 11 is 0. The highest BCUT2D eigenvalue weighted by Gasteiger charge is 2.28. The third-order valence-corrected chi connectivity index (χ3v) is 9.35. The Balaban J connectivity index is 1.34. The number of aromatic nitrogens is 5. The highest BCUT2D eigenvalue weighted by molar-refractivity contribution is 6.17. The van der Waals surface area contributed by atoms with E-state index in [1.807, 2.05) is 12.1 Å². The van der Waals surface area contributed by atoms with Gasteiger partial charge < -0.3 is 9.30 Å². The maximum Gasteiger partial charge on any atom is 0.222 e. The Morgan fingerprint density at radius 2 is 1.11 bits per heavy atom. The molecule has 1 aliphatic heterocycles. The molecule has 6 heteroatoms. The number of nitrogens with zero attached hydrogens (tertiary/aromatic N) is 5. The average Bonchev–Trinajstić information content (AvgIpc) is 3.82. The van der Waals surface area contributed by atoms with E-state index in [0.29, 0.717) is 0 Å². The molecule has 0 unspecified atom stereocenters. The maximum atomic E-state index is 6.52. The van der Waals surface area contributed by atoms with E-state index in [1.165, 1.54) is 10.8 Å². The van der Waals surface area contributed by atoms with Crippen LogP contribution in [0.25, 0.3) is 77.7 Å². The van der Waals surface area contributed by atoms with Crippen LogP contribution in [-0.2, 0) is 0 Å². The smallest absolute Gasteiger partial charge is 0.222 e. The molecule has 0 fully saturated rings. The molecule has 0 atom stereocenters. The van der Waals surface area contributed by atoms with Gasteiger partial charge in [0.05, 0.1) is 39.0 Å². The van der Waals surface area contributed by atoms with Gasteiger partial charge in [-0.25, -0.2) is 0 Å². The molecule has 0 bridgehead atoms. The zero-order valence-corrected chi connectivity index (χ0v) is 23.9. The number of rotatable bonds is 2. The van der Waals surface area contributed by atoms with Gasteiger partial charge >= 0.3 is 0 Å². The minimum atomic E-state index is 0.853. The predicted molar refractivity (Wildman–Crippen MR) is 181 cm³/mol. The van der Waals surface area contributed by atoms with E-state index in [4.69, 9.17) is 9.72 Å². The van der Waals surface area contributed by atoms with Crippen molar-refractivity contribution >= 4 is 60.7 Å². The number of ether oxygens (including phenoxy) is 1. The second-order valence-electron chi connectivity index (χ2n) is 11.7. The summed E-state index contributed by atoms with van der Waals surface area (Å²) in [6.07, 6.45) is 0. The lowest BCUT2D eigenvalue weighted by Gasteiger charge is -2.21. The molecule has 6 nitrogen and oxygen atoms in total. The summed E-state index contributed by atoms with van der Waals surface area (Å²) in [4.78, 5) is 5.48. The van der Waals surface area contributed by atoms with Crippen molar-refractivity contribution in [2.45, 2.75) is 0 Å². The fraction of sp³-hybridized carbons (Fsp3) is 0. The molecule has 6 aromatic carbocycles. The van der Waals surface area contributed by atoms with E-state index in [1.54, 1.807) is 0 Å². The van der Waals surface area contributed by atoms with Crippen molar-refractivity contribution in [3.8, 4) is 28.6 Å². The van der Waals surface area contributed by atoms with Crippen LogP contribution in [0.5, 0.6) is 11.5 Å². The Morgan fingerprint density at radius 3 is 1.96 bits per heavy atom. The molecular weight excluding hydrogens is 554 g/mol. The number of benzene rings is 6. The first-order valence-electron chi connectivity index (χ1n) is 15.2. The van der Waals surface area contributed by atoms with Gasteiger partial charge in [-0.2, -0.15) is 4.98 Å². The molecule has 4 aromatic heterocycles. The fourth-order valence-electron chi connectivity index (χ4n) is 7.60. The molecule has 0 spiro atoms. The molecule has 0 amide bonds. The van der Waals surface area contributed by atoms with Crippen LogP contribution in [0.2, 0.25) is 0 Å². The fourth-order valence-corrected chi connectivity index (χ4v) is 7.60. The molecule has 0 saturated heterocycles. The molecule has 45 heavy (non-hydrogen) atoms. The minimum absolute atomic E-state index is 0.853. The molecule has 1 aliphatic rings. The Labute approximate surface area is 256 Å². The summed E-state index contributed by atoms with van der Waals surface area (Å²) in [7, 11) is 0. The van der Waals surface area contributed by atoms with Crippen molar-refractivity contribution in [3.05, 3.63) is 140 Å². The van der Waals surface area contributed by atoms with Crippen molar-refractivity contribution in [2.75, 3.05) is 0 Å². The van der Waals surface area contributed by atoms with E-state index in [9.17, 15) is 0 Å². The largest absolute Gasteiger partial charge is 0.453 e. The van der Waals surface area contributed by atoms with Crippen molar-refractivity contribution in [2.24, 2.45) is 0 Å². The molecule has 11 rings (SSSR count). The van der Waals surface area contributed by atoms with Gasteiger partial charge in [-0.05, 0) is 60.7 Å². The van der Waals surface area contributed by atoms with Crippen molar-refractivity contribution in [3.63, 3.8) is 0 Å². The predicted octanol–water partition coefficient (Wildman–Crippen LogP) is 9.58. The normalized spacial score (nSPS) is 12.6. The summed E-state index contributed by atoms with van der Waals surface area (Å²) in [6, 6.07) is 49.0. The van der Waals surface area contributed by atoms with Crippen molar-refractivity contribution in [1.29, 1.82) is 0 Å². The molecule has 0 aliphatic carbocycles. The highest BCUT2D eigenvalue weighted by atomic mass is 16.5. The number of fused-ring (bicyclic) bond motifs is 12. The van der Waals surface area contributed by atoms with Crippen molar-refractivity contribution in [1.82, 2.24) is 23.1 Å². The van der Waals surface area contributed by atoms with E-state index in [0.717, 1.165) is 78.5 Å². The van der Waals surface area contributed by atoms with Gasteiger partial charge in [0.25, 0.3) is 0 Å². The lowest BCUT2D eigenvalue weighted by atomic mass is 10.1. The lowest BCUT2D eigenvalue weighted by molar-refractivity contribution is 0.476. The zero-order valence-electron chi connectivity index (χ0n) is 23.9. The Hall–Kier alpha value is -6.27. The van der Waals surface area contributed by atoms with Crippen molar-refractivity contribution < 1.29 is 4.74 Å². The van der Waals surface area contributed by atoms with Gasteiger partial charge in [0.2, 0.25) is 5.78 Å².